The third-order valence-corrected chi connectivity index (χ3v) is 6.31. The number of nitrogens with two attached hydrogens (primary N) is 1. The van der Waals surface area contributed by atoms with Crippen LogP contribution in [-0.4, -0.2) is 36.1 Å². The van der Waals surface area contributed by atoms with Crippen LogP contribution in [0.3, 0.4) is 0 Å². The Balaban J connectivity index is 2.79. The van der Waals surface area contributed by atoms with Crippen LogP contribution in [-0.2, 0) is 10.0 Å². The zero-order valence-electron chi connectivity index (χ0n) is 10.6. The molecule has 17 heavy (non-hydrogen) atoms. The van der Waals surface area contributed by atoms with Crippen LogP contribution in [0.15, 0.2) is 0 Å². The van der Waals surface area contributed by atoms with Gasteiger partial charge in [-0.05, 0) is 25.2 Å². The van der Waals surface area contributed by atoms with Crippen LogP contribution < -0.4 is 5.73 Å². The van der Waals surface area contributed by atoms with Gasteiger partial charge in [-0.15, -0.1) is 0 Å². The van der Waals surface area contributed by atoms with Crippen molar-refractivity contribution >= 4 is 27.2 Å². The largest absolute Gasteiger partial charge is 0.392 e. The second kappa shape index (κ2) is 6.11. The standard InChI is InChI=1S/C11H22N2O2S2/c1-3-10(11(12)16)17(14,15)13(4-2)8-9-6-5-7-9/h9-10H,3-8H2,1-2H3,(H2,12,16). The average molecular weight is 278 g/mol. The van der Waals surface area contributed by atoms with Gasteiger partial charge < -0.3 is 5.73 Å². The molecule has 100 valence electrons. The first kappa shape index (κ1) is 14.9. The summed E-state index contributed by atoms with van der Waals surface area (Å²) in [6, 6.07) is 0. The molecule has 0 bridgehead atoms. The predicted octanol–water partition coefficient (Wildman–Crippen LogP) is 1.50. The topological polar surface area (TPSA) is 63.4 Å². The van der Waals surface area contributed by atoms with E-state index in [0.29, 0.717) is 25.4 Å². The van der Waals surface area contributed by atoms with Crippen molar-refractivity contribution in [1.29, 1.82) is 0 Å². The molecular formula is C11H22N2O2S2. The summed E-state index contributed by atoms with van der Waals surface area (Å²) in [5.74, 6) is 0.522. The molecule has 0 heterocycles. The maximum Gasteiger partial charge on any atom is 0.223 e. The van der Waals surface area contributed by atoms with Gasteiger partial charge in [0.2, 0.25) is 10.0 Å². The van der Waals surface area contributed by atoms with Gasteiger partial charge in [0, 0.05) is 13.1 Å². The Morgan fingerprint density at radius 2 is 2.06 bits per heavy atom. The Labute approximate surface area is 110 Å². The molecule has 1 rings (SSSR count). The van der Waals surface area contributed by atoms with E-state index in [1.807, 2.05) is 6.92 Å². The van der Waals surface area contributed by atoms with E-state index in [2.05, 4.69) is 0 Å². The van der Waals surface area contributed by atoms with Gasteiger partial charge in [0.25, 0.3) is 0 Å². The summed E-state index contributed by atoms with van der Waals surface area (Å²) in [6.07, 6.45) is 3.93. The molecule has 0 aromatic rings. The summed E-state index contributed by atoms with van der Waals surface area (Å²) in [4.78, 5) is 0.0829. The highest BCUT2D eigenvalue weighted by molar-refractivity contribution is 7.92. The summed E-state index contributed by atoms with van der Waals surface area (Å²) in [7, 11) is -3.37. The molecule has 1 saturated carbocycles. The fourth-order valence-electron chi connectivity index (χ4n) is 2.11. The minimum atomic E-state index is -3.37. The molecule has 0 saturated heterocycles. The third kappa shape index (κ3) is 3.39. The van der Waals surface area contributed by atoms with Crippen molar-refractivity contribution in [3.8, 4) is 0 Å². The van der Waals surface area contributed by atoms with E-state index in [1.165, 1.54) is 6.42 Å². The fraction of sp³-hybridized carbons (Fsp3) is 0.909. The lowest BCUT2D eigenvalue weighted by Gasteiger charge is -2.33. The van der Waals surface area contributed by atoms with Crippen LogP contribution >= 0.6 is 12.2 Å². The average Bonchev–Trinajstić information content (AvgIpc) is 2.15. The SMILES string of the molecule is CCC(C(N)=S)S(=O)(=O)N(CC)CC1CCC1. The lowest BCUT2D eigenvalue weighted by atomic mass is 9.85. The fourth-order valence-corrected chi connectivity index (χ4v) is 4.50. The monoisotopic (exact) mass is 278 g/mol. The normalized spacial score (nSPS) is 19.0. The lowest BCUT2D eigenvalue weighted by molar-refractivity contribution is 0.249. The molecule has 0 aliphatic heterocycles. The van der Waals surface area contributed by atoms with Crippen LogP contribution in [0.25, 0.3) is 0 Å². The summed E-state index contributed by atoms with van der Waals surface area (Å²) in [5.41, 5.74) is 5.53. The Bertz CT molecular complexity index is 364. The molecule has 4 nitrogen and oxygen atoms in total. The van der Waals surface area contributed by atoms with Crippen molar-refractivity contribution in [1.82, 2.24) is 4.31 Å². The smallest absolute Gasteiger partial charge is 0.223 e. The number of thiocarbonyl (C=S) groups is 1. The van der Waals surface area contributed by atoms with E-state index in [1.54, 1.807) is 11.2 Å². The summed E-state index contributed by atoms with van der Waals surface area (Å²) in [6.45, 7) is 4.79. The maximum atomic E-state index is 12.4. The zero-order valence-corrected chi connectivity index (χ0v) is 12.2. The highest BCUT2D eigenvalue weighted by atomic mass is 32.2. The molecule has 6 heteroatoms. The first-order valence-electron chi connectivity index (χ1n) is 6.21. The Morgan fingerprint density at radius 3 is 2.35 bits per heavy atom. The minimum absolute atomic E-state index is 0.0829. The molecule has 0 radical (unpaired) electrons. The van der Waals surface area contributed by atoms with E-state index in [0.717, 1.165) is 12.8 Å². The molecule has 1 aliphatic carbocycles. The van der Waals surface area contributed by atoms with Gasteiger partial charge in [-0.3, -0.25) is 0 Å². The Morgan fingerprint density at radius 1 is 1.47 bits per heavy atom. The van der Waals surface area contributed by atoms with Crippen molar-refractivity contribution in [2.24, 2.45) is 11.7 Å². The molecule has 1 fully saturated rings. The van der Waals surface area contributed by atoms with E-state index in [9.17, 15) is 8.42 Å². The quantitative estimate of drug-likeness (QED) is 0.717. The van der Waals surface area contributed by atoms with Crippen LogP contribution in [0.1, 0.15) is 39.5 Å². The van der Waals surface area contributed by atoms with Crippen molar-refractivity contribution in [2.75, 3.05) is 13.1 Å². The van der Waals surface area contributed by atoms with E-state index < -0.39 is 15.3 Å². The van der Waals surface area contributed by atoms with E-state index in [4.69, 9.17) is 18.0 Å². The number of hydrogen-bond acceptors (Lipinski definition) is 3. The minimum Gasteiger partial charge on any atom is -0.392 e. The van der Waals surface area contributed by atoms with Crippen molar-refractivity contribution in [2.45, 2.75) is 44.8 Å². The molecule has 2 N–H and O–H groups in total. The molecule has 0 spiro atoms. The lowest BCUT2D eigenvalue weighted by Crippen LogP contribution is -2.46. The van der Waals surface area contributed by atoms with Crippen molar-refractivity contribution in [3.63, 3.8) is 0 Å². The van der Waals surface area contributed by atoms with E-state index >= 15 is 0 Å². The highest BCUT2D eigenvalue weighted by Gasteiger charge is 2.34. The number of rotatable bonds is 7. The Hall–Kier alpha value is -0.200. The highest BCUT2D eigenvalue weighted by Crippen LogP contribution is 2.28. The molecule has 0 aromatic heterocycles. The number of hydrogen-bond donors (Lipinski definition) is 1. The van der Waals surface area contributed by atoms with Crippen molar-refractivity contribution < 1.29 is 8.42 Å². The van der Waals surface area contributed by atoms with Gasteiger partial charge in [0.15, 0.2) is 0 Å². The molecule has 1 atom stereocenters. The molecular weight excluding hydrogens is 256 g/mol. The maximum absolute atomic E-state index is 12.4. The Kier molecular flexibility index (Phi) is 5.34. The summed E-state index contributed by atoms with van der Waals surface area (Å²) < 4.78 is 26.3. The van der Waals surface area contributed by atoms with Gasteiger partial charge >= 0.3 is 0 Å². The molecule has 1 unspecified atom stereocenters. The van der Waals surface area contributed by atoms with Gasteiger partial charge in [-0.1, -0.05) is 32.5 Å². The van der Waals surface area contributed by atoms with Gasteiger partial charge in [-0.2, -0.15) is 0 Å². The van der Waals surface area contributed by atoms with Crippen LogP contribution in [0.5, 0.6) is 0 Å². The summed E-state index contributed by atoms with van der Waals surface area (Å²) in [5, 5.41) is -0.711. The van der Waals surface area contributed by atoms with Crippen molar-refractivity contribution in [3.05, 3.63) is 0 Å². The van der Waals surface area contributed by atoms with Gasteiger partial charge in [0.05, 0.1) is 4.99 Å². The number of sulfonamides is 1. The number of nitrogens with zero attached hydrogens (tertiary/aromatic N) is 1. The second-order valence-electron chi connectivity index (χ2n) is 4.59. The van der Waals surface area contributed by atoms with Gasteiger partial charge in [0.1, 0.15) is 5.25 Å². The zero-order chi connectivity index (χ0) is 13.1. The van der Waals surface area contributed by atoms with Gasteiger partial charge in [-0.25, -0.2) is 12.7 Å². The van der Waals surface area contributed by atoms with Crippen LogP contribution in [0.2, 0.25) is 0 Å². The van der Waals surface area contributed by atoms with Crippen LogP contribution in [0, 0.1) is 5.92 Å². The van der Waals surface area contributed by atoms with E-state index in [-0.39, 0.29) is 4.99 Å². The first-order valence-corrected chi connectivity index (χ1v) is 8.12. The van der Waals surface area contributed by atoms with Crippen LogP contribution in [0.4, 0.5) is 0 Å². The molecule has 0 amide bonds. The molecule has 0 aromatic carbocycles. The molecule has 1 aliphatic rings. The third-order valence-electron chi connectivity index (χ3n) is 3.45. The summed E-state index contributed by atoms with van der Waals surface area (Å²) >= 11 is 4.86. The first-order chi connectivity index (χ1) is 7.93. The second-order valence-corrected chi connectivity index (χ2v) is 7.18. The predicted molar refractivity (Wildman–Crippen MR) is 74.4 cm³/mol.